The van der Waals surface area contributed by atoms with Crippen LogP contribution >= 0.6 is 0 Å². The van der Waals surface area contributed by atoms with Crippen LogP contribution in [0.2, 0.25) is 0 Å². The molecule has 3 saturated carbocycles. The maximum Gasteiger partial charge on any atom is 0.135 e. The normalized spacial score (nSPS) is 46.7. The quantitative estimate of drug-likeness (QED) is 0.602. The van der Waals surface area contributed by atoms with Gasteiger partial charge in [-0.2, -0.15) is 0 Å². The van der Waals surface area contributed by atoms with Crippen LogP contribution < -0.4 is 0 Å². The lowest BCUT2D eigenvalue weighted by Crippen LogP contribution is -2.55. The van der Waals surface area contributed by atoms with Crippen molar-refractivity contribution in [3.8, 4) is 0 Å². The van der Waals surface area contributed by atoms with Crippen LogP contribution in [0.4, 0.5) is 0 Å². The molecule has 0 radical (unpaired) electrons. The summed E-state index contributed by atoms with van der Waals surface area (Å²) in [4.78, 5) is 12.7. The van der Waals surface area contributed by atoms with Gasteiger partial charge in [0.1, 0.15) is 5.78 Å². The lowest BCUT2D eigenvalue weighted by molar-refractivity contribution is -0.144. The van der Waals surface area contributed by atoms with Gasteiger partial charge in [0, 0.05) is 12.8 Å². The maximum absolute atomic E-state index is 12.7. The maximum atomic E-state index is 12.7. The van der Waals surface area contributed by atoms with E-state index in [1.165, 1.54) is 5.57 Å². The predicted molar refractivity (Wildman–Crippen MR) is 116 cm³/mol. The average molecular weight is 403 g/mol. The summed E-state index contributed by atoms with van der Waals surface area (Å²) >= 11 is 0. The SMILES string of the molecule is CC(C)CCC(=O)C[C@@]1(O)CC[C@H]2[C@@H]3CC=C4C[C@@H](O)CC[C@]4(C)[C@H]3CC[C@@]21C. The summed E-state index contributed by atoms with van der Waals surface area (Å²) in [5.74, 6) is 2.61. The molecule has 2 N–H and O–H groups in total. The molecular formula is C26H42O3. The fourth-order valence-corrected chi connectivity index (χ4v) is 7.91. The van der Waals surface area contributed by atoms with E-state index in [2.05, 4.69) is 33.8 Å². The van der Waals surface area contributed by atoms with E-state index in [0.29, 0.717) is 36.5 Å². The van der Waals surface area contributed by atoms with Gasteiger partial charge in [0.05, 0.1) is 11.7 Å². The highest BCUT2D eigenvalue weighted by molar-refractivity contribution is 5.79. The Morgan fingerprint density at radius 2 is 1.86 bits per heavy atom. The van der Waals surface area contributed by atoms with Gasteiger partial charge in [-0.1, -0.05) is 39.3 Å². The van der Waals surface area contributed by atoms with Crippen molar-refractivity contribution in [3.05, 3.63) is 11.6 Å². The third kappa shape index (κ3) is 3.45. The van der Waals surface area contributed by atoms with Crippen LogP contribution in [-0.2, 0) is 4.79 Å². The zero-order chi connectivity index (χ0) is 21.0. The number of carbonyl (C=O) groups is 1. The molecule has 0 bridgehead atoms. The van der Waals surface area contributed by atoms with Crippen LogP contribution in [-0.4, -0.2) is 27.7 Å². The van der Waals surface area contributed by atoms with Crippen LogP contribution in [0, 0.1) is 34.5 Å². The fraction of sp³-hybridized carbons (Fsp3) is 0.885. The van der Waals surface area contributed by atoms with Crippen LogP contribution in [0.3, 0.4) is 0 Å². The first-order chi connectivity index (χ1) is 13.6. The Hall–Kier alpha value is -0.670. The topological polar surface area (TPSA) is 57.5 Å². The number of hydrogen-bond donors (Lipinski definition) is 2. The smallest absolute Gasteiger partial charge is 0.135 e. The van der Waals surface area contributed by atoms with Crippen LogP contribution in [0.15, 0.2) is 11.6 Å². The molecule has 4 rings (SSSR count). The highest BCUT2D eigenvalue weighted by Gasteiger charge is 2.63. The standard InChI is InChI=1S/C26H42O3/c1-17(2)5-7-20(28)16-26(29)14-11-23-21-8-6-18-15-19(27)9-12-24(18,3)22(21)10-13-25(23,26)4/h6,17,19,21-23,27,29H,5,7-16H2,1-4H3/t19-,21+,22-,23-,24-,25-,26-/m0/s1. The summed E-state index contributed by atoms with van der Waals surface area (Å²) in [6.45, 7) is 9.06. The van der Waals surface area contributed by atoms with Gasteiger partial charge >= 0.3 is 0 Å². The number of aliphatic hydroxyl groups excluding tert-OH is 1. The van der Waals surface area contributed by atoms with Crippen molar-refractivity contribution in [2.75, 3.05) is 0 Å². The van der Waals surface area contributed by atoms with Crippen LogP contribution in [0.1, 0.15) is 98.3 Å². The molecule has 0 aromatic carbocycles. The van der Waals surface area contributed by atoms with E-state index in [1.54, 1.807) is 0 Å². The number of rotatable bonds is 5. The molecule has 0 aromatic heterocycles. The number of allylic oxidation sites excluding steroid dienone is 1. The molecule has 29 heavy (non-hydrogen) atoms. The van der Waals surface area contributed by atoms with Gasteiger partial charge in [0.15, 0.2) is 0 Å². The number of ketones is 1. The Bertz CT molecular complexity index is 681. The minimum absolute atomic E-state index is 0.127. The average Bonchev–Trinajstić information content (AvgIpc) is 2.91. The Balaban J connectivity index is 1.53. The summed E-state index contributed by atoms with van der Waals surface area (Å²) in [5.41, 5.74) is 0.789. The van der Waals surface area contributed by atoms with Gasteiger partial charge in [-0.15, -0.1) is 0 Å². The van der Waals surface area contributed by atoms with Gasteiger partial charge in [0.2, 0.25) is 0 Å². The highest BCUT2D eigenvalue weighted by atomic mass is 16.3. The van der Waals surface area contributed by atoms with Crippen molar-refractivity contribution < 1.29 is 15.0 Å². The van der Waals surface area contributed by atoms with Gasteiger partial charge in [-0.25, -0.2) is 0 Å². The molecule has 0 aromatic rings. The first-order valence-electron chi connectivity index (χ1n) is 12.2. The zero-order valence-electron chi connectivity index (χ0n) is 19.0. The van der Waals surface area contributed by atoms with Crippen LogP contribution in [0.5, 0.6) is 0 Å². The van der Waals surface area contributed by atoms with Crippen molar-refractivity contribution in [3.63, 3.8) is 0 Å². The molecule has 0 saturated heterocycles. The molecule has 3 fully saturated rings. The number of Topliss-reactive ketones (excluding diaryl/α,β-unsaturated/α-hetero) is 1. The first kappa shape index (κ1) is 21.6. The van der Waals surface area contributed by atoms with Crippen molar-refractivity contribution >= 4 is 5.78 Å². The molecule has 4 aliphatic carbocycles. The number of fused-ring (bicyclic) bond motifs is 5. The van der Waals surface area contributed by atoms with Crippen LogP contribution in [0.25, 0.3) is 0 Å². The third-order valence-electron chi connectivity index (χ3n) is 9.89. The minimum Gasteiger partial charge on any atom is -0.393 e. The van der Waals surface area contributed by atoms with E-state index < -0.39 is 5.60 Å². The Labute approximate surface area is 177 Å². The molecule has 164 valence electrons. The predicted octanol–water partition coefficient (Wildman–Crippen LogP) is 5.44. The lowest BCUT2D eigenvalue weighted by atomic mass is 9.46. The number of carbonyl (C=O) groups excluding carboxylic acids is 1. The van der Waals surface area contributed by atoms with Gasteiger partial charge in [-0.05, 0) is 92.3 Å². The summed E-state index contributed by atoms with van der Waals surface area (Å²) in [5, 5.41) is 21.9. The largest absolute Gasteiger partial charge is 0.393 e. The minimum atomic E-state index is -0.815. The molecule has 0 heterocycles. The van der Waals surface area contributed by atoms with Crippen molar-refractivity contribution in [2.24, 2.45) is 34.5 Å². The van der Waals surface area contributed by atoms with Gasteiger partial charge in [0.25, 0.3) is 0 Å². The molecule has 3 nitrogen and oxygen atoms in total. The summed E-state index contributed by atoms with van der Waals surface area (Å²) in [6, 6.07) is 0. The molecule has 0 amide bonds. The first-order valence-corrected chi connectivity index (χ1v) is 12.2. The molecule has 0 aliphatic heterocycles. The molecule has 4 aliphatic rings. The molecule has 0 spiro atoms. The number of aliphatic hydroxyl groups is 2. The van der Waals surface area contributed by atoms with E-state index >= 15 is 0 Å². The second-order valence-electron chi connectivity index (χ2n) is 11.8. The second-order valence-corrected chi connectivity index (χ2v) is 11.8. The number of hydrogen-bond acceptors (Lipinski definition) is 3. The lowest BCUT2D eigenvalue weighted by Gasteiger charge is -2.59. The summed E-state index contributed by atoms with van der Waals surface area (Å²) < 4.78 is 0. The third-order valence-corrected chi connectivity index (χ3v) is 9.89. The zero-order valence-corrected chi connectivity index (χ0v) is 19.0. The summed E-state index contributed by atoms with van der Waals surface area (Å²) in [7, 11) is 0. The van der Waals surface area contributed by atoms with Gasteiger partial charge < -0.3 is 10.2 Å². The molecule has 3 heteroatoms. The molecule has 7 atom stereocenters. The van der Waals surface area contributed by atoms with E-state index in [1.807, 2.05) is 0 Å². The highest BCUT2D eigenvalue weighted by Crippen LogP contribution is 2.67. The van der Waals surface area contributed by atoms with Crippen molar-refractivity contribution in [1.82, 2.24) is 0 Å². The van der Waals surface area contributed by atoms with E-state index in [0.717, 1.165) is 57.8 Å². The fourth-order valence-electron chi connectivity index (χ4n) is 7.91. The van der Waals surface area contributed by atoms with E-state index in [4.69, 9.17) is 0 Å². The van der Waals surface area contributed by atoms with Crippen molar-refractivity contribution in [1.29, 1.82) is 0 Å². The van der Waals surface area contributed by atoms with E-state index in [-0.39, 0.29) is 22.7 Å². The summed E-state index contributed by atoms with van der Waals surface area (Å²) in [6.07, 6.45) is 12.2. The molecular weight excluding hydrogens is 360 g/mol. The Morgan fingerprint density at radius 3 is 2.59 bits per heavy atom. The van der Waals surface area contributed by atoms with E-state index in [9.17, 15) is 15.0 Å². The monoisotopic (exact) mass is 402 g/mol. The van der Waals surface area contributed by atoms with Crippen molar-refractivity contribution in [2.45, 2.75) is 110 Å². The molecule has 0 unspecified atom stereocenters. The second kappa shape index (κ2) is 7.48. The Morgan fingerprint density at radius 1 is 1.14 bits per heavy atom. The van der Waals surface area contributed by atoms with Gasteiger partial charge in [-0.3, -0.25) is 4.79 Å². The Kier molecular flexibility index (Phi) is 5.56.